The lowest BCUT2D eigenvalue weighted by molar-refractivity contribution is -0.0508. The Morgan fingerprint density at radius 3 is 2.69 bits per heavy atom. The third-order valence-corrected chi connectivity index (χ3v) is 6.67. The van der Waals surface area contributed by atoms with Gasteiger partial charge in [-0.15, -0.1) is 0 Å². The van der Waals surface area contributed by atoms with Crippen LogP contribution in [-0.4, -0.2) is 55.9 Å². The number of hydrogen-bond donors (Lipinski definition) is 3. The second kappa shape index (κ2) is 10.4. The molecule has 0 saturated carbocycles. The van der Waals surface area contributed by atoms with E-state index in [2.05, 4.69) is 21.9 Å². The zero-order valence-corrected chi connectivity index (χ0v) is 19.8. The van der Waals surface area contributed by atoms with Gasteiger partial charge in [-0.2, -0.15) is 9.97 Å². The summed E-state index contributed by atoms with van der Waals surface area (Å²) in [6, 6.07) is 0. The number of phosphoric ester groups is 1. The van der Waals surface area contributed by atoms with E-state index in [9.17, 15) is 9.46 Å². The minimum Gasteiger partial charge on any atom is -0.382 e. The molecule has 1 saturated heterocycles. The van der Waals surface area contributed by atoms with E-state index >= 15 is 0 Å². The lowest BCUT2D eigenvalue weighted by Crippen LogP contribution is -2.35. The molecule has 3 rings (SSSR count). The molecule has 5 N–H and O–H groups in total. The van der Waals surface area contributed by atoms with Gasteiger partial charge in [0.15, 0.2) is 17.7 Å². The normalized spacial score (nSPS) is 26.4. The lowest BCUT2D eigenvalue weighted by atomic mass is 10.0. The van der Waals surface area contributed by atoms with E-state index in [4.69, 9.17) is 30.0 Å². The standard InChI is InChI=1S/C19H33N6O6P/c1-5-7-8-9-12-14(31-32(26,27)30-11(3)6-2)15(28-4)18(29-12)25-10-22-13-16(20)23-19(21)24-17(13)25/h10-12,14-15,18H,5-9H2,1-4H3,(H,26,27)(H4,20,21,23,24). The highest BCUT2D eigenvalue weighted by molar-refractivity contribution is 7.47. The molecule has 6 unspecified atom stereocenters. The number of aromatic nitrogens is 4. The third kappa shape index (κ3) is 5.38. The van der Waals surface area contributed by atoms with Gasteiger partial charge in [0.2, 0.25) is 5.95 Å². The highest BCUT2D eigenvalue weighted by Crippen LogP contribution is 2.50. The molecule has 0 radical (unpaired) electrons. The molecule has 1 fully saturated rings. The van der Waals surface area contributed by atoms with Crippen LogP contribution in [-0.2, 0) is 23.1 Å². The number of nitrogen functional groups attached to an aromatic ring is 2. The molecule has 180 valence electrons. The molecule has 0 amide bonds. The molecule has 0 aromatic carbocycles. The fourth-order valence-electron chi connectivity index (χ4n) is 3.76. The summed E-state index contributed by atoms with van der Waals surface area (Å²) in [6.07, 6.45) is 2.28. The average molecular weight is 472 g/mol. The summed E-state index contributed by atoms with van der Waals surface area (Å²) < 4.78 is 37.2. The molecule has 2 aromatic heterocycles. The first-order valence-corrected chi connectivity index (χ1v) is 12.3. The summed E-state index contributed by atoms with van der Waals surface area (Å²) in [6.45, 7) is 5.66. The summed E-state index contributed by atoms with van der Waals surface area (Å²) in [5.41, 5.74) is 12.4. The van der Waals surface area contributed by atoms with Gasteiger partial charge in [-0.25, -0.2) is 9.55 Å². The molecular weight excluding hydrogens is 439 g/mol. The van der Waals surface area contributed by atoms with Gasteiger partial charge in [0, 0.05) is 7.11 Å². The van der Waals surface area contributed by atoms with Gasteiger partial charge in [-0.05, 0) is 19.8 Å². The van der Waals surface area contributed by atoms with Gasteiger partial charge >= 0.3 is 7.82 Å². The number of imidazole rings is 1. The molecule has 2 aromatic rings. The van der Waals surface area contributed by atoms with Gasteiger partial charge in [0.25, 0.3) is 0 Å². The van der Waals surface area contributed by atoms with E-state index < -0.39 is 38.5 Å². The maximum atomic E-state index is 12.7. The van der Waals surface area contributed by atoms with Crippen molar-refractivity contribution in [3.8, 4) is 0 Å². The summed E-state index contributed by atoms with van der Waals surface area (Å²) in [5, 5.41) is 0. The predicted molar refractivity (Wildman–Crippen MR) is 119 cm³/mol. The fourth-order valence-corrected chi connectivity index (χ4v) is 4.98. The Hall–Kier alpha value is -1.82. The van der Waals surface area contributed by atoms with Gasteiger partial charge in [0.1, 0.15) is 17.7 Å². The number of fused-ring (bicyclic) bond motifs is 1. The molecule has 0 bridgehead atoms. The molecule has 3 heterocycles. The van der Waals surface area contributed by atoms with Crippen LogP contribution in [0.5, 0.6) is 0 Å². The molecule has 32 heavy (non-hydrogen) atoms. The Labute approximate surface area is 187 Å². The molecular formula is C19H33N6O6P. The largest absolute Gasteiger partial charge is 0.472 e. The number of hydrogen-bond acceptors (Lipinski definition) is 10. The Morgan fingerprint density at radius 1 is 1.28 bits per heavy atom. The zero-order valence-electron chi connectivity index (χ0n) is 18.9. The SMILES string of the molecule is CCCCCC1OC(n2cnc3c(N)nc(N)nc32)C(OC)C1OP(=O)(O)OC(C)CC. The number of anilines is 2. The minimum absolute atomic E-state index is 0.00202. The third-order valence-electron chi connectivity index (χ3n) is 5.53. The van der Waals surface area contributed by atoms with E-state index in [1.165, 1.54) is 13.4 Å². The van der Waals surface area contributed by atoms with Gasteiger partial charge in [-0.3, -0.25) is 13.6 Å². The van der Waals surface area contributed by atoms with Crippen LogP contribution < -0.4 is 11.5 Å². The van der Waals surface area contributed by atoms with Gasteiger partial charge in [0.05, 0.1) is 18.5 Å². The van der Waals surface area contributed by atoms with E-state index in [1.54, 1.807) is 11.5 Å². The molecule has 13 heteroatoms. The monoisotopic (exact) mass is 472 g/mol. The van der Waals surface area contributed by atoms with Crippen molar-refractivity contribution in [1.82, 2.24) is 19.5 Å². The van der Waals surface area contributed by atoms with Crippen molar-refractivity contribution >= 4 is 30.8 Å². The van der Waals surface area contributed by atoms with Crippen molar-refractivity contribution in [2.75, 3.05) is 18.6 Å². The van der Waals surface area contributed by atoms with Crippen LogP contribution in [0.2, 0.25) is 0 Å². The van der Waals surface area contributed by atoms with Crippen molar-refractivity contribution < 1.29 is 28.0 Å². The maximum Gasteiger partial charge on any atom is 0.472 e. The number of ether oxygens (including phenoxy) is 2. The lowest BCUT2D eigenvalue weighted by Gasteiger charge is -2.26. The van der Waals surface area contributed by atoms with E-state index in [0.717, 1.165) is 19.3 Å². The van der Waals surface area contributed by atoms with Crippen LogP contribution in [0, 0.1) is 0 Å². The Balaban J connectivity index is 1.94. The van der Waals surface area contributed by atoms with Crippen molar-refractivity contribution in [2.45, 2.75) is 83.5 Å². The first-order valence-electron chi connectivity index (χ1n) is 10.8. The van der Waals surface area contributed by atoms with Crippen molar-refractivity contribution in [2.24, 2.45) is 0 Å². The number of nitrogens with zero attached hydrogens (tertiary/aromatic N) is 4. The number of unbranched alkanes of at least 4 members (excludes halogenated alkanes) is 2. The van der Waals surface area contributed by atoms with Crippen LogP contribution in [0.1, 0.15) is 59.1 Å². The summed E-state index contributed by atoms with van der Waals surface area (Å²) in [7, 11) is -2.87. The highest BCUT2D eigenvalue weighted by Gasteiger charge is 2.50. The fraction of sp³-hybridized carbons (Fsp3) is 0.737. The van der Waals surface area contributed by atoms with Crippen molar-refractivity contribution in [1.29, 1.82) is 0 Å². The van der Waals surface area contributed by atoms with Crippen LogP contribution in [0.3, 0.4) is 0 Å². The van der Waals surface area contributed by atoms with Crippen molar-refractivity contribution in [3.63, 3.8) is 0 Å². The molecule has 12 nitrogen and oxygen atoms in total. The van der Waals surface area contributed by atoms with E-state index in [-0.39, 0.29) is 11.8 Å². The summed E-state index contributed by atoms with van der Waals surface area (Å²) >= 11 is 0. The van der Waals surface area contributed by atoms with Crippen molar-refractivity contribution in [3.05, 3.63) is 6.33 Å². The Bertz CT molecular complexity index is 958. The minimum atomic E-state index is -4.36. The number of rotatable bonds is 11. The number of phosphoric acid groups is 1. The maximum absolute atomic E-state index is 12.7. The average Bonchev–Trinajstić information content (AvgIpc) is 3.28. The first-order chi connectivity index (χ1) is 15.2. The molecule has 6 atom stereocenters. The highest BCUT2D eigenvalue weighted by atomic mass is 31.2. The molecule has 0 spiro atoms. The van der Waals surface area contributed by atoms with Crippen LogP contribution in [0.15, 0.2) is 6.33 Å². The van der Waals surface area contributed by atoms with Crippen LogP contribution in [0.25, 0.3) is 11.2 Å². The topological polar surface area (TPSA) is 170 Å². The smallest absolute Gasteiger partial charge is 0.382 e. The first kappa shape index (κ1) is 24.8. The Kier molecular flexibility index (Phi) is 8.07. The molecule has 1 aliphatic heterocycles. The van der Waals surface area contributed by atoms with Crippen LogP contribution in [0.4, 0.5) is 11.8 Å². The quantitative estimate of drug-likeness (QED) is 0.324. The van der Waals surface area contributed by atoms with Crippen LogP contribution >= 0.6 is 7.82 Å². The predicted octanol–water partition coefficient (Wildman–Crippen LogP) is 2.78. The van der Waals surface area contributed by atoms with E-state index in [0.29, 0.717) is 24.0 Å². The number of nitrogens with two attached hydrogens (primary N) is 2. The molecule has 0 aliphatic carbocycles. The zero-order chi connectivity index (χ0) is 23.5. The molecule has 1 aliphatic rings. The second-order valence-electron chi connectivity index (χ2n) is 7.92. The van der Waals surface area contributed by atoms with Gasteiger partial charge < -0.3 is 25.8 Å². The Morgan fingerprint density at radius 2 is 2.03 bits per heavy atom. The summed E-state index contributed by atoms with van der Waals surface area (Å²) in [5.74, 6) is 0.144. The second-order valence-corrected chi connectivity index (χ2v) is 9.27. The number of methoxy groups -OCH3 is 1. The summed E-state index contributed by atoms with van der Waals surface area (Å²) in [4.78, 5) is 22.8. The van der Waals surface area contributed by atoms with E-state index in [1.807, 2.05) is 6.92 Å². The van der Waals surface area contributed by atoms with Gasteiger partial charge in [-0.1, -0.05) is 33.1 Å².